The minimum atomic E-state index is 0.240. The van der Waals surface area contributed by atoms with Crippen molar-refractivity contribution in [2.45, 2.75) is 84.1 Å². The van der Waals surface area contributed by atoms with Gasteiger partial charge in [0.2, 0.25) is 5.91 Å². The highest BCUT2D eigenvalue weighted by molar-refractivity contribution is 5.79. The third-order valence-corrected chi connectivity index (χ3v) is 4.53. The van der Waals surface area contributed by atoms with Crippen LogP contribution in [0.2, 0.25) is 0 Å². The Hall–Kier alpha value is -0.570. The van der Waals surface area contributed by atoms with E-state index in [1.807, 2.05) is 0 Å². The molecule has 118 valence electrons. The molecule has 0 radical (unpaired) electrons. The van der Waals surface area contributed by atoms with Gasteiger partial charge >= 0.3 is 0 Å². The van der Waals surface area contributed by atoms with Crippen LogP contribution >= 0.6 is 0 Å². The molecule has 1 saturated carbocycles. The van der Waals surface area contributed by atoms with E-state index in [1.54, 1.807) is 0 Å². The smallest absolute Gasteiger partial charge is 0.225 e. The van der Waals surface area contributed by atoms with Gasteiger partial charge in [-0.25, -0.2) is 0 Å². The van der Waals surface area contributed by atoms with Gasteiger partial charge in [-0.15, -0.1) is 0 Å². The molecule has 0 aromatic rings. The van der Waals surface area contributed by atoms with Crippen LogP contribution in [0.3, 0.4) is 0 Å². The first kappa shape index (κ1) is 17.5. The molecule has 1 aliphatic rings. The second-order valence-corrected chi connectivity index (χ2v) is 6.24. The summed E-state index contributed by atoms with van der Waals surface area (Å²) in [5.74, 6) is 0.652. The predicted molar refractivity (Wildman–Crippen MR) is 85.6 cm³/mol. The summed E-state index contributed by atoms with van der Waals surface area (Å²) in [5, 5.41) is 0. The van der Waals surface area contributed by atoms with E-state index in [1.165, 1.54) is 32.1 Å². The Morgan fingerprint density at radius 1 is 1.15 bits per heavy atom. The molecule has 0 saturated heterocycles. The van der Waals surface area contributed by atoms with E-state index in [2.05, 4.69) is 18.7 Å². The lowest BCUT2D eigenvalue weighted by Gasteiger charge is -2.36. The zero-order chi connectivity index (χ0) is 14.8. The number of nitrogens with zero attached hydrogens (tertiary/aromatic N) is 1. The monoisotopic (exact) mass is 282 g/mol. The third-order valence-electron chi connectivity index (χ3n) is 4.53. The van der Waals surface area contributed by atoms with Crippen LogP contribution in [0.4, 0.5) is 0 Å². The maximum atomic E-state index is 12.9. The maximum absolute atomic E-state index is 12.9. The first-order valence-electron chi connectivity index (χ1n) is 8.75. The molecule has 3 heteroatoms. The predicted octanol–water partition coefficient (Wildman–Crippen LogP) is 3.71. The number of carbonyl (C=O) groups is 1. The Labute approximate surface area is 125 Å². The fraction of sp³-hybridized carbons (Fsp3) is 0.941. The van der Waals surface area contributed by atoms with Gasteiger partial charge in [-0.05, 0) is 38.6 Å². The lowest BCUT2D eigenvalue weighted by atomic mass is 9.91. The summed E-state index contributed by atoms with van der Waals surface area (Å²) in [5.41, 5.74) is 5.66. The van der Waals surface area contributed by atoms with Crippen molar-refractivity contribution in [2.24, 2.45) is 11.7 Å². The number of carbonyl (C=O) groups excluding carboxylic acids is 1. The van der Waals surface area contributed by atoms with Crippen LogP contribution < -0.4 is 5.73 Å². The van der Waals surface area contributed by atoms with Crippen molar-refractivity contribution in [1.82, 2.24) is 4.90 Å². The van der Waals surface area contributed by atoms with Crippen molar-refractivity contribution in [3.05, 3.63) is 0 Å². The van der Waals surface area contributed by atoms with Crippen LogP contribution in [0.1, 0.15) is 78.1 Å². The van der Waals surface area contributed by atoms with E-state index in [0.29, 0.717) is 18.5 Å². The molecule has 0 unspecified atom stereocenters. The standard InChI is InChI=1S/C17H34N2O/c1-3-9-15(10-4-2)17(20)19(14-8-13-18)16-11-6-5-7-12-16/h15-16H,3-14,18H2,1-2H3. The van der Waals surface area contributed by atoms with Crippen LogP contribution in [0, 0.1) is 5.92 Å². The van der Waals surface area contributed by atoms with Crippen molar-refractivity contribution in [3.8, 4) is 0 Å². The van der Waals surface area contributed by atoms with Crippen LogP contribution in [-0.4, -0.2) is 29.9 Å². The Morgan fingerprint density at radius 2 is 1.75 bits per heavy atom. The minimum Gasteiger partial charge on any atom is -0.339 e. The van der Waals surface area contributed by atoms with Gasteiger partial charge < -0.3 is 10.6 Å². The van der Waals surface area contributed by atoms with Crippen LogP contribution in [0.15, 0.2) is 0 Å². The zero-order valence-electron chi connectivity index (χ0n) is 13.6. The van der Waals surface area contributed by atoms with E-state index in [4.69, 9.17) is 5.73 Å². The fourth-order valence-corrected chi connectivity index (χ4v) is 3.45. The van der Waals surface area contributed by atoms with Gasteiger partial charge in [-0.3, -0.25) is 4.79 Å². The summed E-state index contributed by atoms with van der Waals surface area (Å²) >= 11 is 0. The van der Waals surface area contributed by atoms with E-state index in [-0.39, 0.29) is 5.92 Å². The first-order valence-corrected chi connectivity index (χ1v) is 8.75. The second kappa shape index (κ2) is 10.2. The third kappa shape index (κ3) is 5.43. The van der Waals surface area contributed by atoms with Gasteiger partial charge in [0.05, 0.1) is 0 Å². The summed E-state index contributed by atoms with van der Waals surface area (Å²) in [4.78, 5) is 15.1. The number of hydrogen-bond acceptors (Lipinski definition) is 2. The van der Waals surface area contributed by atoms with Crippen molar-refractivity contribution < 1.29 is 4.79 Å². The van der Waals surface area contributed by atoms with Gasteiger partial charge in [-0.2, -0.15) is 0 Å². The molecule has 0 aliphatic heterocycles. The summed E-state index contributed by atoms with van der Waals surface area (Å²) < 4.78 is 0. The summed E-state index contributed by atoms with van der Waals surface area (Å²) in [6.07, 6.45) is 11.5. The van der Waals surface area contributed by atoms with Gasteiger partial charge in [0.1, 0.15) is 0 Å². The molecule has 0 aromatic carbocycles. The quantitative estimate of drug-likeness (QED) is 0.700. The average molecular weight is 282 g/mol. The molecule has 1 amide bonds. The number of amides is 1. The topological polar surface area (TPSA) is 46.3 Å². The molecule has 2 N–H and O–H groups in total. The molecule has 0 bridgehead atoms. The Bertz CT molecular complexity index is 256. The molecule has 0 spiro atoms. The number of hydrogen-bond donors (Lipinski definition) is 1. The average Bonchev–Trinajstić information content (AvgIpc) is 2.48. The highest BCUT2D eigenvalue weighted by atomic mass is 16.2. The molecular formula is C17H34N2O. The minimum absolute atomic E-state index is 0.240. The van der Waals surface area contributed by atoms with Crippen LogP contribution in [-0.2, 0) is 4.79 Å². The zero-order valence-corrected chi connectivity index (χ0v) is 13.6. The summed E-state index contributed by atoms with van der Waals surface area (Å²) in [6.45, 7) is 5.91. The summed E-state index contributed by atoms with van der Waals surface area (Å²) in [6, 6.07) is 0.485. The first-order chi connectivity index (χ1) is 9.74. The van der Waals surface area contributed by atoms with E-state index < -0.39 is 0 Å². The second-order valence-electron chi connectivity index (χ2n) is 6.24. The molecule has 1 rings (SSSR count). The molecule has 0 atom stereocenters. The lowest BCUT2D eigenvalue weighted by Crippen LogP contribution is -2.45. The molecule has 1 aliphatic carbocycles. The highest BCUT2D eigenvalue weighted by Gasteiger charge is 2.29. The Balaban J connectivity index is 2.69. The number of rotatable bonds is 9. The van der Waals surface area contributed by atoms with Crippen molar-refractivity contribution in [2.75, 3.05) is 13.1 Å². The van der Waals surface area contributed by atoms with E-state index >= 15 is 0 Å². The van der Waals surface area contributed by atoms with E-state index in [0.717, 1.165) is 38.6 Å². The van der Waals surface area contributed by atoms with E-state index in [9.17, 15) is 4.79 Å². The molecule has 3 nitrogen and oxygen atoms in total. The van der Waals surface area contributed by atoms with Gasteiger partial charge in [-0.1, -0.05) is 46.0 Å². The molecule has 1 fully saturated rings. The Morgan fingerprint density at radius 3 is 2.25 bits per heavy atom. The fourth-order valence-electron chi connectivity index (χ4n) is 3.45. The molecular weight excluding hydrogens is 248 g/mol. The van der Waals surface area contributed by atoms with Crippen LogP contribution in [0.5, 0.6) is 0 Å². The van der Waals surface area contributed by atoms with Gasteiger partial charge in [0, 0.05) is 18.5 Å². The van der Waals surface area contributed by atoms with Gasteiger partial charge in [0.15, 0.2) is 0 Å². The Kier molecular flexibility index (Phi) is 8.92. The highest BCUT2D eigenvalue weighted by Crippen LogP contribution is 2.26. The van der Waals surface area contributed by atoms with Crippen molar-refractivity contribution >= 4 is 5.91 Å². The molecule has 0 heterocycles. The van der Waals surface area contributed by atoms with Crippen molar-refractivity contribution in [1.29, 1.82) is 0 Å². The van der Waals surface area contributed by atoms with Gasteiger partial charge in [0.25, 0.3) is 0 Å². The molecule has 0 aromatic heterocycles. The van der Waals surface area contributed by atoms with Crippen molar-refractivity contribution in [3.63, 3.8) is 0 Å². The number of nitrogens with two attached hydrogens (primary N) is 1. The molecule has 20 heavy (non-hydrogen) atoms. The van der Waals surface area contributed by atoms with Crippen LogP contribution in [0.25, 0.3) is 0 Å². The lowest BCUT2D eigenvalue weighted by molar-refractivity contribution is -0.139. The normalized spacial score (nSPS) is 16.6. The SMILES string of the molecule is CCCC(CCC)C(=O)N(CCCN)C1CCCCC1. The summed E-state index contributed by atoms with van der Waals surface area (Å²) in [7, 11) is 0. The largest absolute Gasteiger partial charge is 0.339 e. The maximum Gasteiger partial charge on any atom is 0.225 e.